The molecule has 0 aromatic heterocycles. The van der Waals surface area contributed by atoms with Crippen LogP contribution in [0.25, 0.3) is 0 Å². The number of hydrogen-bond donors (Lipinski definition) is 1. The van der Waals surface area contributed by atoms with Crippen LogP contribution in [0.5, 0.6) is 5.75 Å². The van der Waals surface area contributed by atoms with Gasteiger partial charge in [0, 0.05) is 19.1 Å². The molecule has 0 aliphatic carbocycles. The molecule has 0 bridgehead atoms. The quantitative estimate of drug-likeness (QED) is 0.843. The Labute approximate surface area is 96.8 Å². The molecule has 0 spiro atoms. The zero-order chi connectivity index (χ0) is 11.4. The van der Waals surface area contributed by atoms with E-state index in [1.165, 1.54) is 12.0 Å². The number of nitrogens with one attached hydrogen (secondary N) is 1. The Kier molecular flexibility index (Phi) is 3.80. The highest BCUT2D eigenvalue weighted by Gasteiger charge is 2.28. The Hall–Kier alpha value is -1.06. The van der Waals surface area contributed by atoms with Gasteiger partial charge in [0.15, 0.2) is 0 Å². The molecule has 88 valence electrons. The average Bonchev–Trinajstić information content (AvgIpc) is 2.78. The van der Waals surface area contributed by atoms with Crippen LogP contribution in [-0.2, 0) is 4.74 Å². The molecule has 1 aliphatic heterocycles. The SMILES string of the molecule is COCC1CCNC1c1cccc(OC)c1. The summed E-state index contributed by atoms with van der Waals surface area (Å²) >= 11 is 0. The molecule has 1 saturated heterocycles. The van der Waals surface area contributed by atoms with E-state index in [1.54, 1.807) is 14.2 Å². The monoisotopic (exact) mass is 221 g/mol. The van der Waals surface area contributed by atoms with E-state index in [0.717, 1.165) is 18.9 Å². The Morgan fingerprint density at radius 1 is 1.38 bits per heavy atom. The molecule has 16 heavy (non-hydrogen) atoms. The first-order chi connectivity index (χ1) is 7.85. The summed E-state index contributed by atoms with van der Waals surface area (Å²) in [5.41, 5.74) is 1.29. The minimum absolute atomic E-state index is 0.398. The molecule has 1 N–H and O–H groups in total. The largest absolute Gasteiger partial charge is 0.497 e. The highest BCUT2D eigenvalue weighted by atomic mass is 16.5. The van der Waals surface area contributed by atoms with E-state index in [-0.39, 0.29) is 0 Å². The molecule has 2 atom stereocenters. The van der Waals surface area contributed by atoms with Gasteiger partial charge in [-0.15, -0.1) is 0 Å². The van der Waals surface area contributed by atoms with Gasteiger partial charge < -0.3 is 14.8 Å². The van der Waals surface area contributed by atoms with Gasteiger partial charge >= 0.3 is 0 Å². The van der Waals surface area contributed by atoms with Gasteiger partial charge in [-0.1, -0.05) is 12.1 Å². The molecule has 0 saturated carbocycles. The predicted octanol–water partition coefficient (Wildman–Crippen LogP) is 1.99. The first-order valence-electron chi connectivity index (χ1n) is 5.71. The fourth-order valence-corrected chi connectivity index (χ4v) is 2.38. The normalized spacial score (nSPS) is 24.6. The maximum Gasteiger partial charge on any atom is 0.119 e. The Morgan fingerprint density at radius 3 is 3.00 bits per heavy atom. The highest BCUT2D eigenvalue weighted by molar-refractivity contribution is 5.31. The van der Waals surface area contributed by atoms with Crippen molar-refractivity contribution in [2.75, 3.05) is 27.4 Å². The van der Waals surface area contributed by atoms with Crippen LogP contribution < -0.4 is 10.1 Å². The summed E-state index contributed by atoms with van der Waals surface area (Å²) < 4.78 is 10.5. The molecule has 0 radical (unpaired) electrons. The van der Waals surface area contributed by atoms with Crippen molar-refractivity contribution >= 4 is 0 Å². The second-order valence-corrected chi connectivity index (χ2v) is 4.21. The smallest absolute Gasteiger partial charge is 0.119 e. The van der Waals surface area contributed by atoms with Crippen molar-refractivity contribution in [1.29, 1.82) is 0 Å². The lowest BCUT2D eigenvalue weighted by Crippen LogP contribution is -2.20. The van der Waals surface area contributed by atoms with Gasteiger partial charge in [0.2, 0.25) is 0 Å². The first kappa shape index (κ1) is 11.4. The number of rotatable bonds is 4. The molecular weight excluding hydrogens is 202 g/mol. The topological polar surface area (TPSA) is 30.5 Å². The van der Waals surface area contributed by atoms with E-state index in [4.69, 9.17) is 9.47 Å². The maximum absolute atomic E-state index is 5.26. The van der Waals surface area contributed by atoms with Crippen LogP contribution in [-0.4, -0.2) is 27.4 Å². The van der Waals surface area contributed by atoms with Gasteiger partial charge in [-0.3, -0.25) is 0 Å². The lowest BCUT2D eigenvalue weighted by Gasteiger charge is -2.19. The lowest BCUT2D eigenvalue weighted by atomic mass is 9.95. The molecule has 1 heterocycles. The number of ether oxygens (including phenoxy) is 2. The van der Waals surface area contributed by atoms with Crippen LogP contribution in [0.2, 0.25) is 0 Å². The van der Waals surface area contributed by atoms with Crippen LogP contribution in [0.1, 0.15) is 18.0 Å². The molecule has 3 nitrogen and oxygen atoms in total. The Bertz CT molecular complexity index is 340. The number of benzene rings is 1. The van der Waals surface area contributed by atoms with E-state index in [9.17, 15) is 0 Å². The predicted molar refractivity (Wildman–Crippen MR) is 63.7 cm³/mol. The lowest BCUT2D eigenvalue weighted by molar-refractivity contribution is 0.145. The van der Waals surface area contributed by atoms with E-state index >= 15 is 0 Å². The number of hydrogen-bond acceptors (Lipinski definition) is 3. The summed E-state index contributed by atoms with van der Waals surface area (Å²) in [4.78, 5) is 0. The fraction of sp³-hybridized carbons (Fsp3) is 0.538. The van der Waals surface area contributed by atoms with Crippen molar-refractivity contribution in [3.63, 3.8) is 0 Å². The second kappa shape index (κ2) is 5.32. The van der Waals surface area contributed by atoms with Gasteiger partial charge in [0.25, 0.3) is 0 Å². The Balaban J connectivity index is 2.15. The molecule has 3 heteroatoms. The van der Waals surface area contributed by atoms with Crippen molar-refractivity contribution in [1.82, 2.24) is 5.32 Å². The molecule has 2 unspecified atom stereocenters. The maximum atomic E-state index is 5.26. The number of methoxy groups -OCH3 is 2. The van der Waals surface area contributed by atoms with E-state index < -0.39 is 0 Å². The molecule has 1 aromatic carbocycles. The summed E-state index contributed by atoms with van der Waals surface area (Å²) in [5, 5.41) is 3.52. The van der Waals surface area contributed by atoms with Crippen LogP contribution in [0.15, 0.2) is 24.3 Å². The van der Waals surface area contributed by atoms with Gasteiger partial charge in [-0.05, 0) is 30.7 Å². The van der Waals surface area contributed by atoms with Gasteiger partial charge in [-0.25, -0.2) is 0 Å². The van der Waals surface area contributed by atoms with Gasteiger partial charge in [-0.2, -0.15) is 0 Å². The molecular formula is C13H19NO2. The minimum atomic E-state index is 0.398. The molecule has 1 aliphatic rings. The third-order valence-corrected chi connectivity index (χ3v) is 3.18. The van der Waals surface area contributed by atoms with Crippen molar-refractivity contribution in [3.05, 3.63) is 29.8 Å². The summed E-state index contributed by atoms with van der Waals surface area (Å²) in [7, 11) is 3.47. The van der Waals surface area contributed by atoms with Crippen LogP contribution in [0, 0.1) is 5.92 Å². The minimum Gasteiger partial charge on any atom is -0.497 e. The summed E-state index contributed by atoms with van der Waals surface area (Å²) in [6, 6.07) is 8.66. The van der Waals surface area contributed by atoms with Gasteiger partial charge in [0.1, 0.15) is 5.75 Å². The van der Waals surface area contributed by atoms with Crippen LogP contribution >= 0.6 is 0 Å². The zero-order valence-electron chi connectivity index (χ0n) is 9.90. The van der Waals surface area contributed by atoms with E-state index in [1.807, 2.05) is 12.1 Å². The van der Waals surface area contributed by atoms with Crippen molar-refractivity contribution in [2.45, 2.75) is 12.5 Å². The summed E-state index contributed by atoms with van der Waals surface area (Å²) in [5.74, 6) is 1.49. The van der Waals surface area contributed by atoms with Crippen LogP contribution in [0.3, 0.4) is 0 Å². The molecule has 1 fully saturated rings. The third-order valence-electron chi connectivity index (χ3n) is 3.18. The fourth-order valence-electron chi connectivity index (χ4n) is 2.38. The van der Waals surface area contributed by atoms with Crippen LogP contribution in [0.4, 0.5) is 0 Å². The van der Waals surface area contributed by atoms with Crippen molar-refractivity contribution in [2.24, 2.45) is 5.92 Å². The van der Waals surface area contributed by atoms with Gasteiger partial charge in [0.05, 0.1) is 13.7 Å². The van der Waals surface area contributed by atoms with Crippen molar-refractivity contribution < 1.29 is 9.47 Å². The first-order valence-corrected chi connectivity index (χ1v) is 5.71. The highest BCUT2D eigenvalue weighted by Crippen LogP contribution is 2.31. The summed E-state index contributed by atoms with van der Waals surface area (Å²) in [6.45, 7) is 1.88. The van der Waals surface area contributed by atoms with E-state index in [0.29, 0.717) is 12.0 Å². The van der Waals surface area contributed by atoms with E-state index in [2.05, 4.69) is 17.4 Å². The third kappa shape index (κ3) is 2.36. The molecule has 0 amide bonds. The second-order valence-electron chi connectivity index (χ2n) is 4.21. The zero-order valence-corrected chi connectivity index (χ0v) is 9.90. The summed E-state index contributed by atoms with van der Waals surface area (Å²) in [6.07, 6.45) is 1.18. The van der Waals surface area contributed by atoms with Crippen molar-refractivity contribution in [3.8, 4) is 5.75 Å². The average molecular weight is 221 g/mol. The molecule has 2 rings (SSSR count). The molecule has 1 aromatic rings. The standard InChI is InChI=1S/C13H19NO2/c1-15-9-11-6-7-14-13(11)10-4-3-5-12(8-10)16-2/h3-5,8,11,13-14H,6-7,9H2,1-2H3. The Morgan fingerprint density at radius 2 is 2.25 bits per heavy atom.